The van der Waals surface area contributed by atoms with Crippen molar-refractivity contribution < 1.29 is 4.79 Å². The lowest BCUT2D eigenvalue weighted by atomic mass is 9.89. The minimum absolute atomic E-state index is 0.0720. The summed E-state index contributed by atoms with van der Waals surface area (Å²) in [6, 6.07) is 10.8. The van der Waals surface area contributed by atoms with E-state index in [1.807, 2.05) is 0 Å². The molecule has 2 rings (SSSR count). The van der Waals surface area contributed by atoms with Crippen molar-refractivity contribution >= 4 is 13.7 Å². The Bertz CT molecular complexity index is 388. The van der Waals surface area contributed by atoms with Gasteiger partial charge in [-0.2, -0.15) is 0 Å². The van der Waals surface area contributed by atoms with Gasteiger partial charge in [-0.15, -0.1) is 0 Å². The van der Waals surface area contributed by atoms with Crippen LogP contribution in [0.1, 0.15) is 30.7 Å². The molecule has 0 aliphatic carbocycles. The van der Waals surface area contributed by atoms with E-state index in [0.29, 0.717) is 0 Å². The van der Waals surface area contributed by atoms with E-state index in [9.17, 15) is 4.79 Å². The van der Waals surface area contributed by atoms with Crippen LogP contribution in [-0.4, -0.2) is 44.7 Å². The molecule has 1 aliphatic rings. The second-order valence-electron chi connectivity index (χ2n) is 5.36. The largest absolute Gasteiger partial charge is 0.365 e. The van der Waals surface area contributed by atoms with E-state index >= 15 is 0 Å². The van der Waals surface area contributed by atoms with Crippen molar-refractivity contribution in [3.8, 4) is 0 Å². The van der Waals surface area contributed by atoms with Crippen molar-refractivity contribution in [2.24, 2.45) is 0 Å². The van der Waals surface area contributed by atoms with E-state index in [1.54, 1.807) is 7.85 Å². The van der Waals surface area contributed by atoms with Gasteiger partial charge in [0, 0.05) is 6.54 Å². The van der Waals surface area contributed by atoms with Crippen molar-refractivity contribution in [1.82, 2.24) is 10.2 Å². The number of amides is 1. The highest BCUT2D eigenvalue weighted by Gasteiger charge is 2.19. The quantitative estimate of drug-likeness (QED) is 0.642. The van der Waals surface area contributed by atoms with Crippen molar-refractivity contribution in [2.45, 2.75) is 25.2 Å². The summed E-state index contributed by atoms with van der Waals surface area (Å²) in [5, 5.41) is 2.85. The molecule has 1 heterocycles. The molecule has 102 valence electrons. The zero-order chi connectivity index (χ0) is 13.5. The number of rotatable bonds is 5. The SMILES string of the molecule is BC(=O)NCCCN1CCC(c2ccccc2)CC1. The Morgan fingerprint density at radius 1 is 1.26 bits per heavy atom. The first-order chi connectivity index (χ1) is 9.25. The maximum absolute atomic E-state index is 10.8. The normalized spacial score (nSPS) is 17.3. The summed E-state index contributed by atoms with van der Waals surface area (Å²) in [4.78, 5) is 13.3. The van der Waals surface area contributed by atoms with Crippen LogP contribution in [0.4, 0.5) is 4.79 Å². The molecule has 1 aromatic rings. The molecular formula is C15H23BN2O. The number of likely N-dealkylation sites (tertiary alicyclic amines) is 1. The van der Waals surface area contributed by atoms with Crippen LogP contribution in [-0.2, 0) is 0 Å². The number of nitrogens with zero attached hydrogens (tertiary/aromatic N) is 1. The summed E-state index contributed by atoms with van der Waals surface area (Å²) < 4.78 is 0. The highest BCUT2D eigenvalue weighted by atomic mass is 16.1. The number of nitrogens with one attached hydrogen (secondary N) is 1. The molecule has 0 spiro atoms. The fraction of sp³-hybridized carbons (Fsp3) is 0.533. The Labute approximate surface area is 116 Å². The number of piperidine rings is 1. The zero-order valence-corrected chi connectivity index (χ0v) is 11.8. The van der Waals surface area contributed by atoms with Gasteiger partial charge < -0.3 is 10.2 Å². The molecule has 4 heteroatoms. The van der Waals surface area contributed by atoms with Gasteiger partial charge in [0.25, 0.3) is 0 Å². The van der Waals surface area contributed by atoms with E-state index in [2.05, 4.69) is 40.5 Å². The lowest BCUT2D eigenvalue weighted by Gasteiger charge is -2.32. The summed E-state index contributed by atoms with van der Waals surface area (Å²) in [6.07, 6.45) is 3.56. The third-order valence-corrected chi connectivity index (χ3v) is 3.88. The van der Waals surface area contributed by atoms with E-state index in [1.165, 1.54) is 31.5 Å². The van der Waals surface area contributed by atoms with Gasteiger partial charge in [-0.1, -0.05) is 30.3 Å². The fourth-order valence-corrected chi connectivity index (χ4v) is 2.78. The Kier molecular flexibility index (Phi) is 5.46. The molecule has 0 aromatic heterocycles. The number of carbonyl (C=O) groups is 1. The van der Waals surface area contributed by atoms with Crippen LogP contribution in [0.3, 0.4) is 0 Å². The molecule has 1 amide bonds. The molecule has 0 saturated carbocycles. The van der Waals surface area contributed by atoms with Gasteiger partial charge in [0.05, 0.1) is 0 Å². The Balaban J connectivity index is 1.67. The van der Waals surface area contributed by atoms with Gasteiger partial charge in [0.1, 0.15) is 0 Å². The topological polar surface area (TPSA) is 32.3 Å². The summed E-state index contributed by atoms with van der Waals surface area (Å²) in [5.74, 6) is 0.801. The maximum Gasteiger partial charge on any atom is 0.215 e. The van der Waals surface area contributed by atoms with E-state index in [4.69, 9.17) is 0 Å². The summed E-state index contributed by atoms with van der Waals surface area (Å²) in [7, 11) is 1.57. The van der Waals surface area contributed by atoms with Crippen LogP contribution in [0.2, 0.25) is 0 Å². The number of hydrogen-bond acceptors (Lipinski definition) is 2. The molecule has 1 saturated heterocycles. The van der Waals surface area contributed by atoms with Crippen molar-refractivity contribution in [3.05, 3.63) is 35.9 Å². The molecule has 0 atom stereocenters. The first-order valence-electron chi connectivity index (χ1n) is 7.27. The second kappa shape index (κ2) is 7.34. The van der Waals surface area contributed by atoms with Gasteiger partial charge in [0.15, 0.2) is 5.81 Å². The van der Waals surface area contributed by atoms with Crippen molar-refractivity contribution in [1.29, 1.82) is 0 Å². The average molecular weight is 258 g/mol. The first kappa shape index (κ1) is 14.1. The van der Waals surface area contributed by atoms with Crippen molar-refractivity contribution in [2.75, 3.05) is 26.2 Å². The summed E-state index contributed by atoms with van der Waals surface area (Å²) >= 11 is 0. The smallest absolute Gasteiger partial charge is 0.215 e. The third kappa shape index (κ3) is 4.71. The molecule has 3 nitrogen and oxygen atoms in total. The molecule has 1 aliphatic heterocycles. The minimum Gasteiger partial charge on any atom is -0.365 e. The standard InChI is InChI=1S/C15H23BN2O/c16-15(19)17-9-4-10-18-11-7-14(8-12-18)13-5-2-1-3-6-13/h1-3,5-6,14H,4,7-12,16H2,(H,17,19). The number of hydrogen-bond donors (Lipinski definition) is 1. The summed E-state index contributed by atoms with van der Waals surface area (Å²) in [6.45, 7) is 4.26. The van der Waals surface area contributed by atoms with Gasteiger partial charge in [-0.25, -0.2) is 0 Å². The molecular weight excluding hydrogens is 235 g/mol. The van der Waals surface area contributed by atoms with Gasteiger partial charge in [-0.3, -0.25) is 4.79 Å². The zero-order valence-electron chi connectivity index (χ0n) is 11.8. The van der Waals surface area contributed by atoms with Crippen molar-refractivity contribution in [3.63, 3.8) is 0 Å². The summed E-state index contributed by atoms with van der Waals surface area (Å²) in [5.41, 5.74) is 1.49. The average Bonchev–Trinajstić information content (AvgIpc) is 2.45. The maximum atomic E-state index is 10.8. The van der Waals surface area contributed by atoms with Crippen LogP contribution in [0.15, 0.2) is 30.3 Å². The lowest BCUT2D eigenvalue weighted by molar-refractivity contribution is 0.209. The molecule has 1 aromatic carbocycles. The molecule has 0 unspecified atom stereocenters. The van der Waals surface area contributed by atoms with E-state index in [0.717, 1.165) is 25.4 Å². The minimum atomic E-state index is 0.0720. The Morgan fingerprint density at radius 3 is 2.58 bits per heavy atom. The molecule has 1 N–H and O–H groups in total. The fourth-order valence-electron chi connectivity index (χ4n) is 2.78. The van der Waals surface area contributed by atoms with Crippen LogP contribution in [0.5, 0.6) is 0 Å². The van der Waals surface area contributed by atoms with E-state index < -0.39 is 0 Å². The van der Waals surface area contributed by atoms with E-state index in [-0.39, 0.29) is 5.81 Å². The predicted molar refractivity (Wildman–Crippen MR) is 81.4 cm³/mol. The molecule has 19 heavy (non-hydrogen) atoms. The highest BCUT2D eigenvalue weighted by molar-refractivity contribution is 6.57. The second-order valence-corrected chi connectivity index (χ2v) is 5.36. The third-order valence-electron chi connectivity index (χ3n) is 3.88. The Morgan fingerprint density at radius 2 is 1.95 bits per heavy atom. The van der Waals surface area contributed by atoms with Crippen LogP contribution in [0, 0.1) is 0 Å². The predicted octanol–water partition coefficient (Wildman–Crippen LogP) is 1.60. The number of carbonyl (C=O) groups excluding carboxylic acids is 1. The lowest BCUT2D eigenvalue weighted by Crippen LogP contribution is -2.35. The molecule has 0 bridgehead atoms. The first-order valence-corrected chi connectivity index (χ1v) is 7.27. The van der Waals surface area contributed by atoms with Gasteiger partial charge >= 0.3 is 0 Å². The van der Waals surface area contributed by atoms with Crippen LogP contribution >= 0.6 is 0 Å². The number of benzene rings is 1. The van der Waals surface area contributed by atoms with Crippen LogP contribution in [0.25, 0.3) is 0 Å². The van der Waals surface area contributed by atoms with Crippen LogP contribution < -0.4 is 5.32 Å². The monoisotopic (exact) mass is 258 g/mol. The van der Waals surface area contributed by atoms with Gasteiger partial charge in [-0.05, 0) is 50.4 Å². The highest BCUT2D eigenvalue weighted by Crippen LogP contribution is 2.27. The van der Waals surface area contributed by atoms with Gasteiger partial charge in [0.2, 0.25) is 7.85 Å². The molecule has 1 fully saturated rings. The Hall–Kier alpha value is -1.29. The molecule has 0 radical (unpaired) electrons.